The van der Waals surface area contributed by atoms with Crippen LogP contribution in [0.5, 0.6) is 5.75 Å². The molecule has 2 aromatic carbocycles. The minimum Gasteiger partial charge on any atom is -0.497 e. The molecule has 0 saturated carbocycles. The molecule has 150 valence electrons. The van der Waals surface area contributed by atoms with E-state index in [4.69, 9.17) is 4.74 Å². The molecule has 0 bridgehead atoms. The summed E-state index contributed by atoms with van der Waals surface area (Å²) < 4.78 is 42.9. The van der Waals surface area contributed by atoms with Crippen LogP contribution in [0, 0.1) is 0 Å². The van der Waals surface area contributed by atoms with Gasteiger partial charge in [-0.3, -0.25) is 9.59 Å². The number of hydrogen-bond acceptors (Lipinski definition) is 3. The van der Waals surface area contributed by atoms with E-state index in [0.717, 1.165) is 17.7 Å². The number of amides is 2. The van der Waals surface area contributed by atoms with Crippen LogP contribution in [0.2, 0.25) is 0 Å². The largest absolute Gasteiger partial charge is 0.497 e. The average molecular weight is 394 g/mol. The van der Waals surface area contributed by atoms with Gasteiger partial charge in [0.2, 0.25) is 11.8 Å². The van der Waals surface area contributed by atoms with Crippen LogP contribution >= 0.6 is 0 Å². The van der Waals surface area contributed by atoms with Gasteiger partial charge < -0.3 is 15.0 Å². The Balaban J connectivity index is 1.93. The quantitative estimate of drug-likeness (QED) is 0.778. The molecule has 0 aliphatic rings. The summed E-state index contributed by atoms with van der Waals surface area (Å²) in [6.07, 6.45) is -3.90. The SMILES string of the molecule is COc1cccc(CCN(CC(=O)Nc2ccc(C(F)(F)F)cc2)C(C)=O)c1. The monoisotopic (exact) mass is 394 g/mol. The van der Waals surface area contributed by atoms with Crippen molar-refractivity contribution >= 4 is 17.5 Å². The van der Waals surface area contributed by atoms with Gasteiger partial charge in [0, 0.05) is 19.2 Å². The van der Waals surface area contributed by atoms with Crippen molar-refractivity contribution in [1.82, 2.24) is 4.90 Å². The van der Waals surface area contributed by atoms with Crippen molar-refractivity contribution in [3.63, 3.8) is 0 Å². The number of carbonyl (C=O) groups is 2. The molecule has 0 aromatic heterocycles. The van der Waals surface area contributed by atoms with Crippen molar-refractivity contribution in [2.24, 2.45) is 0 Å². The van der Waals surface area contributed by atoms with Gasteiger partial charge >= 0.3 is 6.18 Å². The van der Waals surface area contributed by atoms with E-state index in [2.05, 4.69) is 5.32 Å². The highest BCUT2D eigenvalue weighted by atomic mass is 19.4. The minimum absolute atomic E-state index is 0.194. The Bertz CT molecular complexity index is 820. The van der Waals surface area contributed by atoms with Crippen molar-refractivity contribution in [3.05, 3.63) is 59.7 Å². The maximum Gasteiger partial charge on any atom is 0.416 e. The zero-order valence-corrected chi connectivity index (χ0v) is 15.5. The van der Waals surface area contributed by atoms with Gasteiger partial charge in [-0.05, 0) is 48.4 Å². The fraction of sp³-hybridized carbons (Fsp3) is 0.300. The van der Waals surface area contributed by atoms with Gasteiger partial charge in [0.05, 0.1) is 19.2 Å². The highest BCUT2D eigenvalue weighted by molar-refractivity contribution is 5.94. The van der Waals surface area contributed by atoms with Crippen molar-refractivity contribution in [3.8, 4) is 5.75 Å². The third-order valence-electron chi connectivity index (χ3n) is 4.08. The van der Waals surface area contributed by atoms with Crippen LogP contribution in [0.25, 0.3) is 0 Å². The number of nitrogens with zero attached hydrogens (tertiary/aromatic N) is 1. The lowest BCUT2D eigenvalue weighted by atomic mass is 10.1. The highest BCUT2D eigenvalue weighted by Gasteiger charge is 2.30. The molecule has 0 fully saturated rings. The molecule has 28 heavy (non-hydrogen) atoms. The van der Waals surface area contributed by atoms with E-state index >= 15 is 0 Å². The smallest absolute Gasteiger partial charge is 0.416 e. The standard InChI is InChI=1S/C20H21F3N2O3/c1-14(26)25(11-10-15-4-3-5-18(12-15)28-2)13-19(27)24-17-8-6-16(7-9-17)20(21,22)23/h3-9,12H,10-11,13H2,1-2H3,(H,24,27). The molecule has 0 spiro atoms. The molecule has 0 aliphatic heterocycles. The summed E-state index contributed by atoms with van der Waals surface area (Å²) >= 11 is 0. The molecule has 8 heteroatoms. The van der Waals surface area contributed by atoms with Crippen LogP contribution in [0.1, 0.15) is 18.1 Å². The number of halogens is 3. The predicted octanol–water partition coefficient (Wildman–Crippen LogP) is 3.74. The Morgan fingerprint density at radius 3 is 2.36 bits per heavy atom. The third-order valence-corrected chi connectivity index (χ3v) is 4.08. The second-order valence-electron chi connectivity index (χ2n) is 6.17. The van der Waals surface area contributed by atoms with E-state index in [9.17, 15) is 22.8 Å². The van der Waals surface area contributed by atoms with Crippen LogP contribution in [-0.4, -0.2) is 36.9 Å². The summed E-state index contributed by atoms with van der Waals surface area (Å²) in [5.74, 6) is -0.0574. The number of benzene rings is 2. The molecule has 0 radical (unpaired) electrons. The fourth-order valence-corrected chi connectivity index (χ4v) is 2.56. The molecule has 0 saturated heterocycles. The number of anilines is 1. The second kappa shape index (κ2) is 9.25. The lowest BCUT2D eigenvalue weighted by molar-refractivity contribution is -0.137. The van der Waals surface area contributed by atoms with Gasteiger partial charge in [-0.15, -0.1) is 0 Å². The number of rotatable bonds is 7. The zero-order valence-electron chi connectivity index (χ0n) is 15.5. The van der Waals surface area contributed by atoms with Crippen LogP contribution in [0.15, 0.2) is 48.5 Å². The van der Waals surface area contributed by atoms with Crippen LogP contribution in [0.4, 0.5) is 18.9 Å². The Hall–Kier alpha value is -3.03. The summed E-state index contributed by atoms with van der Waals surface area (Å²) in [4.78, 5) is 25.4. The summed E-state index contributed by atoms with van der Waals surface area (Å²) in [5.41, 5.74) is 0.386. The van der Waals surface area contributed by atoms with Gasteiger partial charge in [0.15, 0.2) is 0 Å². The van der Waals surface area contributed by atoms with Crippen molar-refractivity contribution in [2.75, 3.05) is 25.5 Å². The third kappa shape index (κ3) is 6.29. The minimum atomic E-state index is -4.44. The first-order valence-corrected chi connectivity index (χ1v) is 8.54. The number of alkyl halides is 3. The Morgan fingerprint density at radius 2 is 1.79 bits per heavy atom. The van der Waals surface area contributed by atoms with E-state index in [1.54, 1.807) is 7.11 Å². The van der Waals surface area contributed by atoms with Crippen LogP contribution in [-0.2, 0) is 22.2 Å². The summed E-state index contributed by atoms with van der Waals surface area (Å²) in [6, 6.07) is 11.5. The molecule has 0 aliphatic carbocycles. The molecule has 0 heterocycles. The normalized spacial score (nSPS) is 11.0. The summed E-state index contributed by atoms with van der Waals surface area (Å²) in [5, 5.41) is 2.50. The lowest BCUT2D eigenvalue weighted by Gasteiger charge is -2.20. The van der Waals surface area contributed by atoms with Crippen LogP contribution < -0.4 is 10.1 Å². The summed E-state index contributed by atoms with van der Waals surface area (Å²) in [6.45, 7) is 1.49. The van der Waals surface area contributed by atoms with Crippen molar-refractivity contribution in [1.29, 1.82) is 0 Å². The number of hydrogen-bond donors (Lipinski definition) is 1. The van der Waals surface area contributed by atoms with E-state index in [0.29, 0.717) is 18.7 Å². The number of methoxy groups -OCH3 is 1. The second-order valence-corrected chi connectivity index (χ2v) is 6.17. The molecule has 2 aromatic rings. The van der Waals surface area contributed by atoms with E-state index in [-0.39, 0.29) is 18.1 Å². The van der Waals surface area contributed by atoms with Crippen molar-refractivity contribution in [2.45, 2.75) is 19.5 Å². The van der Waals surface area contributed by atoms with Gasteiger partial charge in [0.25, 0.3) is 0 Å². The molecule has 0 unspecified atom stereocenters. The lowest BCUT2D eigenvalue weighted by Crippen LogP contribution is -2.38. The molecule has 2 rings (SSSR count). The molecular formula is C20H21F3N2O3. The van der Waals surface area contributed by atoms with Gasteiger partial charge in [-0.1, -0.05) is 12.1 Å². The molecule has 2 amide bonds. The first kappa shape index (κ1) is 21.3. The Kier molecular flexibility index (Phi) is 7.03. The molecule has 0 atom stereocenters. The van der Waals surface area contributed by atoms with Gasteiger partial charge in [-0.25, -0.2) is 0 Å². The van der Waals surface area contributed by atoms with E-state index in [1.807, 2.05) is 24.3 Å². The molecule has 5 nitrogen and oxygen atoms in total. The molecule has 1 N–H and O–H groups in total. The van der Waals surface area contributed by atoms with Gasteiger partial charge in [0.1, 0.15) is 5.75 Å². The van der Waals surface area contributed by atoms with E-state index in [1.165, 1.54) is 24.0 Å². The summed E-state index contributed by atoms with van der Waals surface area (Å²) in [7, 11) is 1.56. The Morgan fingerprint density at radius 1 is 1.11 bits per heavy atom. The first-order valence-electron chi connectivity index (χ1n) is 8.54. The molecular weight excluding hydrogens is 373 g/mol. The number of ether oxygens (including phenoxy) is 1. The maximum absolute atomic E-state index is 12.6. The fourth-order valence-electron chi connectivity index (χ4n) is 2.56. The predicted molar refractivity (Wildman–Crippen MR) is 99.0 cm³/mol. The van der Waals surface area contributed by atoms with Crippen LogP contribution in [0.3, 0.4) is 0 Å². The van der Waals surface area contributed by atoms with E-state index < -0.39 is 17.6 Å². The topological polar surface area (TPSA) is 58.6 Å². The zero-order chi connectivity index (χ0) is 20.7. The van der Waals surface area contributed by atoms with Crippen molar-refractivity contribution < 1.29 is 27.5 Å². The first-order chi connectivity index (χ1) is 13.2. The Labute approximate surface area is 161 Å². The number of carbonyl (C=O) groups excluding carboxylic acids is 2. The average Bonchev–Trinajstić information content (AvgIpc) is 2.64. The maximum atomic E-state index is 12.6. The number of nitrogens with one attached hydrogen (secondary N) is 1. The van der Waals surface area contributed by atoms with Gasteiger partial charge in [-0.2, -0.15) is 13.2 Å². The highest BCUT2D eigenvalue weighted by Crippen LogP contribution is 2.29.